The number of fused-ring (bicyclic) bond motifs is 1. The highest BCUT2D eigenvalue weighted by Crippen LogP contribution is 2.37. The van der Waals surface area contributed by atoms with E-state index >= 15 is 0 Å². The van der Waals surface area contributed by atoms with Crippen LogP contribution in [0.4, 0.5) is 10.7 Å². The van der Waals surface area contributed by atoms with Gasteiger partial charge in [-0.2, -0.15) is 5.10 Å². The molecule has 3 aromatic rings. The number of benzene rings is 1. The average molecular weight is 507 g/mol. The fourth-order valence-electron chi connectivity index (χ4n) is 4.94. The zero-order valence-corrected chi connectivity index (χ0v) is 20.8. The Kier molecular flexibility index (Phi) is 6.78. The molecule has 3 heterocycles. The van der Waals surface area contributed by atoms with Crippen molar-refractivity contribution in [3.63, 3.8) is 0 Å². The fraction of sp³-hybridized carbons (Fsp3) is 0.478. The monoisotopic (exact) mass is 506 g/mol. The molecule has 182 valence electrons. The van der Waals surface area contributed by atoms with E-state index in [1.54, 1.807) is 23.0 Å². The molecule has 9 nitrogen and oxygen atoms in total. The van der Waals surface area contributed by atoms with Gasteiger partial charge in [0.15, 0.2) is 5.52 Å². The third-order valence-corrected chi connectivity index (χ3v) is 6.98. The Morgan fingerprint density at radius 3 is 2.74 bits per heavy atom. The summed E-state index contributed by atoms with van der Waals surface area (Å²) in [5.74, 6) is 0.352. The van der Waals surface area contributed by atoms with Crippen molar-refractivity contribution in [1.29, 1.82) is 0 Å². The molecule has 11 heteroatoms. The number of anilines is 1. The van der Waals surface area contributed by atoms with Crippen LogP contribution in [0.2, 0.25) is 10.0 Å². The van der Waals surface area contributed by atoms with Crippen molar-refractivity contribution in [2.45, 2.75) is 52.7 Å². The number of likely N-dealkylation sites (tertiary alicyclic amines) is 1. The first-order valence-electron chi connectivity index (χ1n) is 11.2. The van der Waals surface area contributed by atoms with Crippen LogP contribution < -0.4 is 10.9 Å². The number of hydrogen-bond acceptors (Lipinski definition) is 5. The number of nitrogens with zero attached hydrogens (tertiary/aromatic N) is 4. The predicted molar refractivity (Wildman–Crippen MR) is 133 cm³/mol. The molecular weight excluding hydrogens is 479 g/mol. The van der Waals surface area contributed by atoms with Crippen LogP contribution in [0, 0.1) is 11.3 Å². The molecule has 1 saturated heterocycles. The van der Waals surface area contributed by atoms with Crippen LogP contribution in [0.5, 0.6) is 0 Å². The Bertz CT molecular complexity index is 1270. The van der Waals surface area contributed by atoms with E-state index < -0.39 is 6.09 Å². The predicted octanol–water partition coefficient (Wildman–Crippen LogP) is 4.84. The average Bonchev–Trinajstić information content (AvgIpc) is 3.16. The highest BCUT2D eigenvalue weighted by Gasteiger charge is 2.42. The van der Waals surface area contributed by atoms with Gasteiger partial charge in [0.25, 0.3) is 5.56 Å². The largest absolute Gasteiger partial charge is 0.465 e. The first kappa shape index (κ1) is 24.3. The molecule has 1 amide bonds. The van der Waals surface area contributed by atoms with Gasteiger partial charge < -0.3 is 15.3 Å². The minimum Gasteiger partial charge on any atom is -0.465 e. The van der Waals surface area contributed by atoms with Crippen molar-refractivity contribution in [2.75, 3.05) is 11.9 Å². The zero-order valence-electron chi connectivity index (χ0n) is 19.3. The molecule has 0 saturated carbocycles. The van der Waals surface area contributed by atoms with Crippen LogP contribution in [-0.4, -0.2) is 48.4 Å². The number of amides is 1. The number of carboxylic acid groups (broad SMARTS) is 1. The quantitative estimate of drug-likeness (QED) is 0.455. The molecule has 3 N–H and O–H groups in total. The second-order valence-corrected chi connectivity index (χ2v) is 10.6. The van der Waals surface area contributed by atoms with Crippen molar-refractivity contribution in [3.8, 4) is 0 Å². The van der Waals surface area contributed by atoms with Crippen LogP contribution in [-0.2, 0) is 13.1 Å². The van der Waals surface area contributed by atoms with Crippen molar-refractivity contribution >= 4 is 46.3 Å². The number of aromatic amines is 1. The maximum atomic E-state index is 12.9. The van der Waals surface area contributed by atoms with Crippen molar-refractivity contribution in [1.82, 2.24) is 24.6 Å². The molecular formula is C23H28Cl2N6O3. The Morgan fingerprint density at radius 1 is 1.29 bits per heavy atom. The summed E-state index contributed by atoms with van der Waals surface area (Å²) in [6, 6.07) is 5.12. The van der Waals surface area contributed by atoms with Gasteiger partial charge in [-0.1, -0.05) is 50.0 Å². The van der Waals surface area contributed by atoms with Gasteiger partial charge in [-0.3, -0.25) is 14.5 Å². The first-order valence-corrected chi connectivity index (χ1v) is 11.9. The standard InChI is InChI=1S/C23H28Cl2N6O3/c1-23(2,3)19-14(5-4-8-30(19)22(33)34)12-31-18-17(11-27-31)28-21(29-20(18)32)26-10-13-6-7-15(24)16(25)9-13/h6-7,9,11,14,19H,4-5,8,10,12H2,1-3H3,(H,33,34)(H2,26,28,29,32). The Morgan fingerprint density at radius 2 is 2.06 bits per heavy atom. The van der Waals surface area contributed by atoms with Gasteiger partial charge in [0, 0.05) is 25.7 Å². The molecule has 0 bridgehead atoms. The minimum absolute atomic E-state index is 0.0276. The summed E-state index contributed by atoms with van der Waals surface area (Å²) in [6.45, 7) is 7.51. The van der Waals surface area contributed by atoms with Crippen LogP contribution in [0.1, 0.15) is 39.2 Å². The molecule has 1 fully saturated rings. The maximum Gasteiger partial charge on any atom is 0.407 e. The molecule has 2 atom stereocenters. The van der Waals surface area contributed by atoms with E-state index in [-0.39, 0.29) is 22.9 Å². The summed E-state index contributed by atoms with van der Waals surface area (Å²) in [6.07, 6.45) is 2.30. The van der Waals surface area contributed by atoms with E-state index in [0.29, 0.717) is 46.7 Å². The first-order chi connectivity index (χ1) is 16.0. The summed E-state index contributed by atoms with van der Waals surface area (Å²) in [4.78, 5) is 33.6. The molecule has 34 heavy (non-hydrogen) atoms. The van der Waals surface area contributed by atoms with E-state index in [2.05, 4.69) is 20.4 Å². The van der Waals surface area contributed by atoms with Crippen LogP contribution >= 0.6 is 23.2 Å². The van der Waals surface area contributed by atoms with E-state index in [1.165, 1.54) is 4.90 Å². The van der Waals surface area contributed by atoms with Gasteiger partial charge in [-0.25, -0.2) is 9.78 Å². The molecule has 2 aromatic heterocycles. The lowest BCUT2D eigenvalue weighted by atomic mass is 9.74. The number of H-pyrrole nitrogens is 1. The van der Waals surface area contributed by atoms with Gasteiger partial charge in [0.2, 0.25) is 5.95 Å². The number of carbonyl (C=O) groups is 1. The highest BCUT2D eigenvalue weighted by molar-refractivity contribution is 6.42. The molecule has 0 spiro atoms. The Hall–Kier alpha value is -2.78. The van der Waals surface area contributed by atoms with Crippen LogP contribution in [0.25, 0.3) is 11.0 Å². The van der Waals surface area contributed by atoms with E-state index in [1.807, 2.05) is 26.8 Å². The maximum absolute atomic E-state index is 12.9. The van der Waals surface area contributed by atoms with Crippen molar-refractivity contribution in [3.05, 3.63) is 50.4 Å². The number of rotatable bonds is 5. The number of nitrogens with one attached hydrogen (secondary N) is 2. The van der Waals surface area contributed by atoms with Gasteiger partial charge >= 0.3 is 6.09 Å². The third-order valence-electron chi connectivity index (χ3n) is 6.24. The van der Waals surface area contributed by atoms with Gasteiger partial charge in [-0.15, -0.1) is 0 Å². The zero-order chi connectivity index (χ0) is 24.6. The van der Waals surface area contributed by atoms with Gasteiger partial charge in [-0.05, 0) is 41.9 Å². The summed E-state index contributed by atoms with van der Waals surface area (Å²) < 4.78 is 1.65. The summed E-state index contributed by atoms with van der Waals surface area (Å²) in [5, 5.41) is 18.2. The number of piperidine rings is 1. The number of halogens is 2. The fourth-order valence-corrected chi connectivity index (χ4v) is 5.26. The molecule has 0 aliphatic carbocycles. The second kappa shape index (κ2) is 9.46. The second-order valence-electron chi connectivity index (χ2n) is 9.77. The molecule has 4 rings (SSSR count). The summed E-state index contributed by atoms with van der Waals surface area (Å²) in [5.41, 5.74) is 1.18. The van der Waals surface area contributed by atoms with Crippen LogP contribution in [0.3, 0.4) is 0 Å². The highest BCUT2D eigenvalue weighted by atomic mass is 35.5. The van der Waals surface area contributed by atoms with Crippen molar-refractivity contribution in [2.24, 2.45) is 11.3 Å². The van der Waals surface area contributed by atoms with E-state index in [4.69, 9.17) is 23.2 Å². The molecule has 1 aliphatic heterocycles. The smallest absolute Gasteiger partial charge is 0.407 e. The number of aromatic nitrogens is 4. The Balaban J connectivity index is 1.56. The van der Waals surface area contributed by atoms with Gasteiger partial charge in [0.05, 0.1) is 16.2 Å². The lowest BCUT2D eigenvalue weighted by Crippen LogP contribution is -2.55. The molecule has 0 radical (unpaired) electrons. The van der Waals surface area contributed by atoms with E-state index in [0.717, 1.165) is 18.4 Å². The lowest BCUT2D eigenvalue weighted by molar-refractivity contribution is 0.0165. The summed E-state index contributed by atoms with van der Waals surface area (Å²) >= 11 is 12.0. The van der Waals surface area contributed by atoms with Crippen molar-refractivity contribution < 1.29 is 9.90 Å². The lowest BCUT2D eigenvalue weighted by Gasteiger charge is -2.46. The van der Waals surface area contributed by atoms with Crippen LogP contribution in [0.15, 0.2) is 29.2 Å². The minimum atomic E-state index is -0.910. The number of hydrogen-bond donors (Lipinski definition) is 3. The molecule has 2 unspecified atom stereocenters. The summed E-state index contributed by atoms with van der Waals surface area (Å²) in [7, 11) is 0. The third kappa shape index (κ3) is 5.00. The van der Waals surface area contributed by atoms with E-state index in [9.17, 15) is 14.7 Å². The van der Waals surface area contributed by atoms with Gasteiger partial charge in [0.1, 0.15) is 5.52 Å². The Labute approximate surface area is 207 Å². The SMILES string of the molecule is CC(C)(C)C1C(Cn2ncc3nc(NCc4ccc(Cl)c(Cl)c4)[nH]c(=O)c32)CCCN1C(=O)O. The topological polar surface area (TPSA) is 116 Å². The molecule has 1 aromatic carbocycles. The normalized spacial score (nSPS) is 18.9. The molecule has 1 aliphatic rings.